The number of nitrogens with zero attached hydrogens (tertiary/aromatic N) is 2. The van der Waals surface area contributed by atoms with Crippen LogP contribution < -0.4 is 0 Å². The van der Waals surface area contributed by atoms with Crippen molar-refractivity contribution >= 4 is 0 Å². The molecular formula is C20H42N2O. The van der Waals surface area contributed by atoms with E-state index in [1.807, 2.05) is 0 Å². The summed E-state index contributed by atoms with van der Waals surface area (Å²) in [6.45, 7) is 10.9. The van der Waals surface area contributed by atoms with E-state index in [1.165, 1.54) is 64.2 Å². The van der Waals surface area contributed by atoms with Gasteiger partial charge in [0.05, 0.1) is 5.29 Å². The third kappa shape index (κ3) is 17.6. The molecule has 0 saturated heterocycles. The van der Waals surface area contributed by atoms with E-state index in [0.717, 1.165) is 37.8 Å². The van der Waals surface area contributed by atoms with E-state index >= 15 is 0 Å². The molecule has 138 valence electrons. The maximum atomic E-state index is 10.9. The van der Waals surface area contributed by atoms with Gasteiger partial charge in [-0.25, -0.2) is 0 Å². The van der Waals surface area contributed by atoms with Gasteiger partial charge in [0.2, 0.25) is 0 Å². The van der Waals surface area contributed by atoms with Crippen LogP contribution in [0.15, 0.2) is 5.29 Å². The summed E-state index contributed by atoms with van der Waals surface area (Å²) in [7, 11) is 0. The van der Waals surface area contributed by atoms with E-state index in [1.54, 1.807) is 5.01 Å². The average Bonchev–Trinajstić information content (AvgIpc) is 2.50. The standard InChI is InChI=1S/C20H42N2O/c1-19(2)15-11-7-5-9-13-17-22(21-23)18-14-10-6-8-12-16-20(3)4/h19-20H,5-18H2,1-4H3. The molecule has 0 bridgehead atoms. The van der Waals surface area contributed by atoms with Crippen molar-refractivity contribution in [2.75, 3.05) is 13.1 Å². The van der Waals surface area contributed by atoms with Gasteiger partial charge in [-0.2, -0.15) is 0 Å². The first kappa shape index (κ1) is 22.4. The summed E-state index contributed by atoms with van der Waals surface area (Å²) in [6.07, 6.45) is 15.4. The molecular weight excluding hydrogens is 284 g/mol. The van der Waals surface area contributed by atoms with Crippen molar-refractivity contribution in [2.24, 2.45) is 17.1 Å². The number of unbranched alkanes of at least 4 members (excludes halogenated alkanes) is 8. The molecule has 0 heterocycles. The van der Waals surface area contributed by atoms with Crippen LogP contribution in [0, 0.1) is 16.7 Å². The van der Waals surface area contributed by atoms with Gasteiger partial charge in [0.1, 0.15) is 0 Å². The molecule has 0 aliphatic rings. The summed E-state index contributed by atoms with van der Waals surface area (Å²) in [4.78, 5) is 10.9. The highest BCUT2D eigenvalue weighted by molar-refractivity contribution is 4.55. The second-order valence-electron chi connectivity index (χ2n) is 7.94. The normalized spacial score (nSPS) is 11.4. The fraction of sp³-hybridized carbons (Fsp3) is 1.00. The Labute approximate surface area is 145 Å². The maximum absolute atomic E-state index is 10.9. The van der Waals surface area contributed by atoms with Crippen LogP contribution in [0.1, 0.15) is 105 Å². The predicted octanol–water partition coefficient (Wildman–Crippen LogP) is 6.96. The minimum absolute atomic E-state index is 0.829. The molecule has 0 spiro atoms. The van der Waals surface area contributed by atoms with Crippen molar-refractivity contribution in [3.05, 3.63) is 4.91 Å². The molecule has 0 radical (unpaired) electrons. The Morgan fingerprint density at radius 1 is 0.609 bits per heavy atom. The fourth-order valence-electron chi connectivity index (χ4n) is 2.95. The lowest BCUT2D eigenvalue weighted by Crippen LogP contribution is -2.19. The molecule has 0 aliphatic carbocycles. The Hall–Kier alpha value is -0.600. The van der Waals surface area contributed by atoms with Crippen LogP contribution in [-0.4, -0.2) is 18.1 Å². The Morgan fingerprint density at radius 3 is 1.30 bits per heavy atom. The SMILES string of the molecule is CC(C)CCCCCCCN(CCCCCCCC(C)C)N=O. The van der Waals surface area contributed by atoms with Crippen molar-refractivity contribution < 1.29 is 0 Å². The molecule has 0 aliphatic heterocycles. The molecule has 0 aromatic rings. The Morgan fingerprint density at radius 2 is 0.957 bits per heavy atom. The quantitative estimate of drug-likeness (QED) is 0.164. The van der Waals surface area contributed by atoms with Gasteiger partial charge in [0, 0.05) is 13.1 Å². The predicted molar refractivity (Wildman–Crippen MR) is 102 cm³/mol. The summed E-state index contributed by atoms with van der Waals surface area (Å²) in [5.74, 6) is 1.66. The summed E-state index contributed by atoms with van der Waals surface area (Å²) in [5.41, 5.74) is 0. The molecule has 0 aromatic heterocycles. The second-order valence-corrected chi connectivity index (χ2v) is 7.94. The number of hydrogen-bond acceptors (Lipinski definition) is 2. The van der Waals surface area contributed by atoms with Crippen LogP contribution >= 0.6 is 0 Å². The Bertz CT molecular complexity index is 232. The van der Waals surface area contributed by atoms with Gasteiger partial charge in [0.15, 0.2) is 0 Å². The molecule has 0 atom stereocenters. The molecule has 0 unspecified atom stereocenters. The summed E-state index contributed by atoms with van der Waals surface area (Å²) in [6, 6.07) is 0. The summed E-state index contributed by atoms with van der Waals surface area (Å²) in [5, 5.41) is 4.92. The first-order valence-electron chi connectivity index (χ1n) is 10.1. The zero-order chi connectivity index (χ0) is 17.3. The zero-order valence-electron chi connectivity index (χ0n) is 16.4. The van der Waals surface area contributed by atoms with Crippen LogP contribution in [0.25, 0.3) is 0 Å². The van der Waals surface area contributed by atoms with Crippen LogP contribution in [-0.2, 0) is 0 Å². The van der Waals surface area contributed by atoms with Crippen molar-refractivity contribution in [2.45, 2.75) is 105 Å². The molecule has 0 N–H and O–H groups in total. The smallest absolute Gasteiger partial charge is 0.0523 e. The molecule has 0 fully saturated rings. The summed E-state index contributed by atoms with van der Waals surface area (Å²) < 4.78 is 0. The first-order valence-corrected chi connectivity index (χ1v) is 10.1. The minimum atomic E-state index is 0.829. The summed E-state index contributed by atoms with van der Waals surface area (Å²) >= 11 is 0. The van der Waals surface area contributed by atoms with Gasteiger partial charge in [0.25, 0.3) is 0 Å². The van der Waals surface area contributed by atoms with Gasteiger partial charge in [-0.3, -0.25) is 5.01 Å². The van der Waals surface area contributed by atoms with E-state index < -0.39 is 0 Å². The largest absolute Gasteiger partial charge is 0.261 e. The molecule has 0 amide bonds. The zero-order valence-corrected chi connectivity index (χ0v) is 16.4. The van der Waals surface area contributed by atoms with E-state index in [9.17, 15) is 4.91 Å². The van der Waals surface area contributed by atoms with Gasteiger partial charge >= 0.3 is 0 Å². The highest BCUT2D eigenvalue weighted by Gasteiger charge is 2.03. The van der Waals surface area contributed by atoms with Crippen molar-refractivity contribution in [1.82, 2.24) is 5.01 Å². The van der Waals surface area contributed by atoms with Gasteiger partial charge in [-0.1, -0.05) is 91.9 Å². The third-order valence-electron chi connectivity index (χ3n) is 4.51. The fourth-order valence-corrected chi connectivity index (χ4v) is 2.95. The van der Waals surface area contributed by atoms with Crippen molar-refractivity contribution in [1.29, 1.82) is 0 Å². The number of hydrogen-bond donors (Lipinski definition) is 0. The highest BCUT2D eigenvalue weighted by atomic mass is 16.3. The molecule has 0 saturated carbocycles. The van der Waals surface area contributed by atoms with E-state index in [0.29, 0.717) is 0 Å². The second kappa shape index (κ2) is 16.3. The Kier molecular flexibility index (Phi) is 15.8. The van der Waals surface area contributed by atoms with Gasteiger partial charge < -0.3 is 0 Å². The van der Waals surface area contributed by atoms with Crippen LogP contribution in [0.5, 0.6) is 0 Å². The first-order chi connectivity index (χ1) is 11.1. The lowest BCUT2D eigenvalue weighted by Gasteiger charge is -2.15. The monoisotopic (exact) mass is 326 g/mol. The molecule has 23 heavy (non-hydrogen) atoms. The Balaban J connectivity index is 3.37. The maximum Gasteiger partial charge on any atom is 0.0523 e. The van der Waals surface area contributed by atoms with Crippen molar-refractivity contribution in [3.8, 4) is 0 Å². The van der Waals surface area contributed by atoms with Gasteiger partial charge in [-0.05, 0) is 24.7 Å². The number of nitroso groups, excluding NO2 is 1. The molecule has 3 nitrogen and oxygen atoms in total. The van der Waals surface area contributed by atoms with Crippen LogP contribution in [0.4, 0.5) is 0 Å². The van der Waals surface area contributed by atoms with Crippen molar-refractivity contribution in [3.63, 3.8) is 0 Å². The highest BCUT2D eigenvalue weighted by Crippen LogP contribution is 2.12. The minimum Gasteiger partial charge on any atom is -0.261 e. The molecule has 3 heteroatoms. The van der Waals surface area contributed by atoms with Crippen LogP contribution in [0.2, 0.25) is 0 Å². The van der Waals surface area contributed by atoms with E-state index in [2.05, 4.69) is 33.0 Å². The molecule has 0 rings (SSSR count). The van der Waals surface area contributed by atoms with E-state index in [4.69, 9.17) is 0 Å². The topological polar surface area (TPSA) is 32.7 Å². The van der Waals surface area contributed by atoms with E-state index in [-0.39, 0.29) is 0 Å². The lowest BCUT2D eigenvalue weighted by molar-refractivity contribution is 0.268. The number of rotatable bonds is 17. The lowest BCUT2D eigenvalue weighted by atomic mass is 10.0. The van der Waals surface area contributed by atoms with Gasteiger partial charge in [-0.15, -0.1) is 4.91 Å². The average molecular weight is 327 g/mol. The van der Waals surface area contributed by atoms with Crippen LogP contribution in [0.3, 0.4) is 0 Å². The molecule has 0 aromatic carbocycles. The third-order valence-corrected chi connectivity index (χ3v) is 4.51.